The van der Waals surface area contributed by atoms with Crippen LogP contribution in [0.2, 0.25) is 0 Å². The fraction of sp³-hybridized carbons (Fsp3) is 0.0769. The van der Waals surface area contributed by atoms with Gasteiger partial charge in [0.15, 0.2) is 5.75 Å². The van der Waals surface area contributed by atoms with Crippen molar-refractivity contribution in [3.8, 4) is 5.75 Å². The molecule has 0 unspecified atom stereocenters. The molecular weight excluding hydrogens is 425 g/mol. The van der Waals surface area contributed by atoms with Crippen molar-refractivity contribution in [2.45, 2.75) is 6.61 Å². The lowest BCUT2D eigenvalue weighted by atomic mass is 10.2. The van der Waals surface area contributed by atoms with Gasteiger partial charge >= 0.3 is 5.69 Å². The van der Waals surface area contributed by atoms with E-state index in [4.69, 9.17) is 4.74 Å². The Bertz CT molecular complexity index is 601. The molecule has 2 rings (SSSR count). The second kappa shape index (κ2) is 6.33. The average molecular weight is 434 g/mol. The van der Waals surface area contributed by atoms with Crippen LogP contribution in [0.3, 0.4) is 0 Å². The van der Waals surface area contributed by atoms with E-state index in [0.717, 1.165) is 9.13 Å². The quantitative estimate of drug-likeness (QED) is 0.404. The minimum Gasteiger partial charge on any atom is -0.482 e. The molecule has 0 aliphatic carbocycles. The van der Waals surface area contributed by atoms with Crippen LogP contribution < -0.4 is 4.74 Å². The summed E-state index contributed by atoms with van der Waals surface area (Å²) in [6, 6.07) is 12.6. The molecule has 0 bridgehead atoms. The summed E-state index contributed by atoms with van der Waals surface area (Å²) in [6.45, 7) is 0.305. The van der Waals surface area contributed by atoms with Crippen LogP contribution in [-0.2, 0) is 6.61 Å². The molecule has 19 heavy (non-hydrogen) atoms. The number of ether oxygens (including phenoxy) is 1. The maximum Gasteiger partial charge on any atom is 0.312 e. The first-order valence-electron chi connectivity index (χ1n) is 5.37. The van der Waals surface area contributed by atoms with Gasteiger partial charge in [-0.15, -0.1) is 0 Å². The van der Waals surface area contributed by atoms with Crippen molar-refractivity contribution >= 4 is 44.2 Å². The van der Waals surface area contributed by atoms with E-state index in [1.54, 1.807) is 12.1 Å². The highest BCUT2D eigenvalue weighted by Crippen LogP contribution is 2.30. The van der Waals surface area contributed by atoms with Crippen LogP contribution in [-0.4, -0.2) is 4.92 Å². The number of nitro groups is 1. The number of nitro benzene ring substituents is 1. The highest BCUT2D eigenvalue weighted by Gasteiger charge is 2.15. The van der Waals surface area contributed by atoms with Crippen molar-refractivity contribution in [2.75, 3.05) is 0 Å². The van der Waals surface area contributed by atoms with E-state index in [9.17, 15) is 10.1 Å². The third-order valence-corrected chi connectivity index (χ3v) is 3.64. The molecule has 2 aromatic rings. The number of nitrogens with zero attached hydrogens (tertiary/aromatic N) is 1. The molecular formula is C13H9BrINO3. The van der Waals surface area contributed by atoms with Gasteiger partial charge in [0.2, 0.25) is 0 Å². The lowest BCUT2D eigenvalue weighted by Gasteiger charge is -2.07. The Kier molecular flexibility index (Phi) is 4.76. The Labute approximate surface area is 132 Å². The number of halogens is 2. The molecule has 0 atom stereocenters. The standard InChI is InChI=1S/C13H9BrINO3/c14-10-3-6-13(12(7-10)16(17)18)19-8-9-1-4-11(15)5-2-9/h1-7H,8H2. The molecule has 0 saturated heterocycles. The fourth-order valence-corrected chi connectivity index (χ4v) is 2.21. The zero-order chi connectivity index (χ0) is 13.8. The van der Waals surface area contributed by atoms with Gasteiger partial charge < -0.3 is 4.74 Å². The molecule has 0 N–H and O–H groups in total. The van der Waals surface area contributed by atoms with Crippen LogP contribution in [0.5, 0.6) is 5.75 Å². The highest BCUT2D eigenvalue weighted by atomic mass is 127. The SMILES string of the molecule is O=[N+]([O-])c1cc(Br)ccc1OCc1ccc(I)cc1. The van der Waals surface area contributed by atoms with Crippen LogP contribution in [0.15, 0.2) is 46.9 Å². The molecule has 0 aromatic heterocycles. The molecule has 0 radical (unpaired) electrons. The molecule has 0 heterocycles. The predicted molar refractivity (Wildman–Crippen MR) is 84.3 cm³/mol. The Hall–Kier alpha value is -1.15. The molecule has 2 aromatic carbocycles. The van der Waals surface area contributed by atoms with Gasteiger partial charge in [-0.2, -0.15) is 0 Å². The van der Waals surface area contributed by atoms with Crippen LogP contribution >= 0.6 is 38.5 Å². The van der Waals surface area contributed by atoms with E-state index in [-0.39, 0.29) is 11.4 Å². The first-order chi connectivity index (χ1) is 9.06. The first kappa shape index (κ1) is 14.3. The minimum absolute atomic E-state index is 0.0418. The molecule has 0 spiro atoms. The zero-order valence-electron chi connectivity index (χ0n) is 9.68. The summed E-state index contributed by atoms with van der Waals surface area (Å²) < 4.78 is 7.30. The molecule has 98 valence electrons. The monoisotopic (exact) mass is 433 g/mol. The molecule has 0 amide bonds. The molecule has 0 fully saturated rings. The Balaban J connectivity index is 2.15. The zero-order valence-corrected chi connectivity index (χ0v) is 13.4. The summed E-state index contributed by atoms with van der Waals surface area (Å²) in [5.74, 6) is 0.270. The lowest BCUT2D eigenvalue weighted by Crippen LogP contribution is -1.99. The third kappa shape index (κ3) is 3.90. The van der Waals surface area contributed by atoms with Gasteiger partial charge in [0, 0.05) is 14.1 Å². The van der Waals surface area contributed by atoms with Crippen molar-refractivity contribution in [3.63, 3.8) is 0 Å². The van der Waals surface area contributed by atoms with Gasteiger partial charge in [-0.05, 0) is 52.4 Å². The van der Waals surface area contributed by atoms with Gasteiger partial charge in [0.05, 0.1) is 4.92 Å². The second-order valence-electron chi connectivity index (χ2n) is 3.78. The molecule has 0 aliphatic rings. The Morgan fingerprint density at radius 2 is 1.89 bits per heavy atom. The predicted octanol–water partition coefficient (Wildman–Crippen LogP) is 4.54. The number of benzene rings is 2. The first-order valence-corrected chi connectivity index (χ1v) is 7.24. The van der Waals surface area contributed by atoms with Gasteiger partial charge in [0.25, 0.3) is 0 Å². The number of hydrogen-bond donors (Lipinski definition) is 0. The normalized spacial score (nSPS) is 10.2. The van der Waals surface area contributed by atoms with E-state index in [1.165, 1.54) is 6.07 Å². The van der Waals surface area contributed by atoms with Crippen molar-refractivity contribution in [3.05, 3.63) is 66.2 Å². The lowest BCUT2D eigenvalue weighted by molar-refractivity contribution is -0.386. The smallest absolute Gasteiger partial charge is 0.312 e. The van der Waals surface area contributed by atoms with Crippen LogP contribution in [0.4, 0.5) is 5.69 Å². The average Bonchev–Trinajstić information content (AvgIpc) is 2.39. The van der Waals surface area contributed by atoms with Gasteiger partial charge in [-0.3, -0.25) is 10.1 Å². The number of rotatable bonds is 4. The molecule has 0 aliphatic heterocycles. The Morgan fingerprint density at radius 3 is 2.53 bits per heavy atom. The topological polar surface area (TPSA) is 52.4 Å². The number of hydrogen-bond acceptors (Lipinski definition) is 3. The summed E-state index contributed by atoms with van der Waals surface area (Å²) in [5, 5.41) is 10.9. The van der Waals surface area contributed by atoms with Crippen molar-refractivity contribution in [1.82, 2.24) is 0 Å². The third-order valence-electron chi connectivity index (χ3n) is 2.43. The molecule has 6 heteroatoms. The van der Waals surface area contributed by atoms with Gasteiger partial charge in [-0.1, -0.05) is 28.1 Å². The Morgan fingerprint density at radius 1 is 1.21 bits per heavy atom. The van der Waals surface area contributed by atoms with Gasteiger partial charge in [-0.25, -0.2) is 0 Å². The van der Waals surface area contributed by atoms with Crippen molar-refractivity contribution in [2.24, 2.45) is 0 Å². The van der Waals surface area contributed by atoms with E-state index in [2.05, 4.69) is 38.5 Å². The fourth-order valence-electron chi connectivity index (χ4n) is 1.50. The maximum absolute atomic E-state index is 10.9. The van der Waals surface area contributed by atoms with Crippen LogP contribution in [0.1, 0.15) is 5.56 Å². The summed E-state index contributed by atoms with van der Waals surface area (Å²) in [6.07, 6.45) is 0. The largest absolute Gasteiger partial charge is 0.482 e. The maximum atomic E-state index is 10.9. The summed E-state index contributed by atoms with van der Waals surface area (Å²) in [7, 11) is 0. The minimum atomic E-state index is -0.450. The summed E-state index contributed by atoms with van der Waals surface area (Å²) >= 11 is 5.43. The summed E-state index contributed by atoms with van der Waals surface area (Å²) in [5.41, 5.74) is 0.928. The van der Waals surface area contributed by atoms with E-state index < -0.39 is 4.92 Å². The summed E-state index contributed by atoms with van der Waals surface area (Å²) in [4.78, 5) is 10.5. The van der Waals surface area contributed by atoms with Crippen LogP contribution in [0.25, 0.3) is 0 Å². The van der Waals surface area contributed by atoms with Gasteiger partial charge in [0.1, 0.15) is 6.61 Å². The van der Waals surface area contributed by atoms with E-state index in [0.29, 0.717) is 11.1 Å². The van der Waals surface area contributed by atoms with E-state index in [1.807, 2.05) is 24.3 Å². The van der Waals surface area contributed by atoms with Crippen molar-refractivity contribution < 1.29 is 9.66 Å². The molecule has 4 nitrogen and oxygen atoms in total. The highest BCUT2D eigenvalue weighted by molar-refractivity contribution is 14.1. The molecule has 0 saturated carbocycles. The van der Waals surface area contributed by atoms with Crippen molar-refractivity contribution in [1.29, 1.82) is 0 Å². The van der Waals surface area contributed by atoms with E-state index >= 15 is 0 Å². The second-order valence-corrected chi connectivity index (χ2v) is 5.95. The van der Waals surface area contributed by atoms with Crippen LogP contribution in [0, 0.1) is 13.7 Å².